The summed E-state index contributed by atoms with van der Waals surface area (Å²) in [5, 5.41) is 9.63. The van der Waals surface area contributed by atoms with Crippen LogP contribution in [0.1, 0.15) is 10.4 Å². The summed E-state index contributed by atoms with van der Waals surface area (Å²) < 4.78 is 5.26. The molecule has 0 atom stereocenters. The summed E-state index contributed by atoms with van der Waals surface area (Å²) in [6, 6.07) is 5.12. The molecular formula is C8H5NO2Se. The predicted molar refractivity (Wildman–Crippen MR) is 45.6 cm³/mol. The fourth-order valence-electron chi connectivity index (χ4n) is 1.01. The molecule has 0 bridgehead atoms. The van der Waals surface area contributed by atoms with Crippen molar-refractivity contribution in [2.75, 3.05) is 0 Å². The van der Waals surface area contributed by atoms with Crippen LogP contribution in [-0.2, 0) is 0 Å². The van der Waals surface area contributed by atoms with Crippen molar-refractivity contribution in [3.8, 4) is 0 Å². The Balaban J connectivity index is 2.68. The zero-order valence-corrected chi connectivity index (χ0v) is 7.73. The van der Waals surface area contributed by atoms with Crippen LogP contribution in [0.25, 0.3) is 9.65 Å². The van der Waals surface area contributed by atoms with Gasteiger partial charge in [0.2, 0.25) is 0 Å². The van der Waals surface area contributed by atoms with Gasteiger partial charge < -0.3 is 0 Å². The number of carbonyl (C=O) groups is 1. The van der Waals surface area contributed by atoms with E-state index in [4.69, 9.17) is 5.11 Å². The van der Waals surface area contributed by atoms with Crippen molar-refractivity contribution in [1.82, 2.24) is 3.98 Å². The number of carboxylic acids is 1. The molecule has 2 aromatic rings. The van der Waals surface area contributed by atoms with E-state index in [9.17, 15) is 4.79 Å². The minimum atomic E-state index is -0.884. The predicted octanol–water partition coefficient (Wildman–Crippen LogP) is 0.990. The van der Waals surface area contributed by atoms with Crippen LogP contribution >= 0.6 is 0 Å². The van der Waals surface area contributed by atoms with Crippen molar-refractivity contribution in [2.45, 2.75) is 0 Å². The Bertz CT molecular complexity index is 435. The first-order valence-corrected chi connectivity index (χ1v) is 4.97. The molecule has 0 saturated carbocycles. The SMILES string of the molecule is O=C(O)c1ccc2[se]ncc2c1. The summed E-state index contributed by atoms with van der Waals surface area (Å²) in [5.41, 5.74) is 0.331. The van der Waals surface area contributed by atoms with Gasteiger partial charge in [0.25, 0.3) is 0 Å². The van der Waals surface area contributed by atoms with E-state index in [2.05, 4.69) is 3.98 Å². The molecule has 0 saturated heterocycles. The Kier molecular flexibility index (Phi) is 1.71. The van der Waals surface area contributed by atoms with E-state index >= 15 is 0 Å². The number of carboxylic acid groups (broad SMARTS) is 1. The van der Waals surface area contributed by atoms with Crippen LogP contribution < -0.4 is 0 Å². The van der Waals surface area contributed by atoms with Crippen molar-refractivity contribution >= 4 is 30.3 Å². The molecule has 1 heterocycles. The van der Waals surface area contributed by atoms with E-state index in [1.165, 1.54) is 0 Å². The third kappa shape index (κ3) is 1.15. The Labute approximate surface area is 74.6 Å². The summed E-state index contributed by atoms with van der Waals surface area (Å²) in [5.74, 6) is -0.884. The second-order valence-corrected chi connectivity index (χ2v) is 4.13. The van der Waals surface area contributed by atoms with E-state index in [0.29, 0.717) is 5.56 Å². The van der Waals surface area contributed by atoms with Crippen molar-refractivity contribution in [3.05, 3.63) is 30.0 Å². The van der Waals surface area contributed by atoms with E-state index in [1.807, 2.05) is 6.07 Å². The molecular weight excluding hydrogens is 221 g/mol. The zero-order chi connectivity index (χ0) is 8.55. The number of aromatic nitrogens is 1. The molecule has 0 aliphatic heterocycles. The number of nitrogens with zero attached hydrogens (tertiary/aromatic N) is 1. The second-order valence-electron chi connectivity index (χ2n) is 2.38. The summed E-state index contributed by atoms with van der Waals surface area (Å²) >= 11 is 0.159. The Morgan fingerprint density at radius 2 is 2.33 bits per heavy atom. The molecule has 1 aromatic carbocycles. The number of aromatic carboxylic acids is 1. The van der Waals surface area contributed by atoms with Crippen molar-refractivity contribution in [2.24, 2.45) is 0 Å². The average molecular weight is 226 g/mol. The molecule has 0 unspecified atom stereocenters. The fraction of sp³-hybridized carbons (Fsp3) is 0. The summed E-state index contributed by atoms with van der Waals surface area (Å²) in [6.45, 7) is 0. The van der Waals surface area contributed by atoms with Crippen LogP contribution in [0, 0.1) is 0 Å². The van der Waals surface area contributed by atoms with Gasteiger partial charge in [-0.25, -0.2) is 0 Å². The van der Waals surface area contributed by atoms with E-state index in [0.717, 1.165) is 9.65 Å². The first kappa shape index (κ1) is 7.52. The topological polar surface area (TPSA) is 50.2 Å². The average Bonchev–Trinajstić information content (AvgIpc) is 2.49. The number of benzene rings is 1. The number of rotatable bonds is 1. The quantitative estimate of drug-likeness (QED) is 0.737. The van der Waals surface area contributed by atoms with E-state index in [1.54, 1.807) is 18.3 Å². The minimum absolute atomic E-state index is 0.159. The third-order valence-electron chi connectivity index (χ3n) is 1.60. The van der Waals surface area contributed by atoms with Gasteiger partial charge in [0.15, 0.2) is 0 Å². The van der Waals surface area contributed by atoms with Crippen molar-refractivity contribution < 1.29 is 9.90 Å². The molecule has 3 nitrogen and oxygen atoms in total. The van der Waals surface area contributed by atoms with E-state index in [-0.39, 0.29) is 14.7 Å². The van der Waals surface area contributed by atoms with Crippen LogP contribution in [-0.4, -0.2) is 29.8 Å². The molecule has 1 aromatic heterocycles. The Morgan fingerprint density at radius 3 is 3.08 bits per heavy atom. The summed E-state index contributed by atoms with van der Waals surface area (Å²) in [4.78, 5) is 10.6. The fourth-order valence-corrected chi connectivity index (χ4v) is 2.32. The molecule has 0 fully saturated rings. The van der Waals surface area contributed by atoms with Crippen LogP contribution in [0.2, 0.25) is 0 Å². The van der Waals surface area contributed by atoms with Gasteiger partial charge in [-0.05, 0) is 0 Å². The van der Waals surface area contributed by atoms with Crippen LogP contribution in [0.5, 0.6) is 0 Å². The molecule has 12 heavy (non-hydrogen) atoms. The third-order valence-corrected chi connectivity index (χ3v) is 3.23. The number of fused-ring (bicyclic) bond motifs is 1. The monoisotopic (exact) mass is 227 g/mol. The number of hydrogen-bond acceptors (Lipinski definition) is 2. The normalized spacial score (nSPS) is 10.3. The number of hydrogen-bond donors (Lipinski definition) is 1. The van der Waals surface area contributed by atoms with Gasteiger partial charge >= 0.3 is 74.2 Å². The van der Waals surface area contributed by atoms with Gasteiger partial charge in [-0.1, -0.05) is 0 Å². The van der Waals surface area contributed by atoms with Crippen LogP contribution in [0.15, 0.2) is 24.4 Å². The Morgan fingerprint density at radius 1 is 1.50 bits per heavy atom. The summed E-state index contributed by atoms with van der Waals surface area (Å²) in [6.07, 6.45) is 1.74. The van der Waals surface area contributed by atoms with Gasteiger partial charge in [0.1, 0.15) is 0 Å². The van der Waals surface area contributed by atoms with Crippen molar-refractivity contribution in [3.63, 3.8) is 0 Å². The molecule has 2 rings (SSSR count). The molecule has 0 radical (unpaired) electrons. The van der Waals surface area contributed by atoms with E-state index < -0.39 is 5.97 Å². The molecule has 60 valence electrons. The van der Waals surface area contributed by atoms with Crippen molar-refractivity contribution in [1.29, 1.82) is 0 Å². The maximum absolute atomic E-state index is 10.6. The summed E-state index contributed by atoms with van der Waals surface area (Å²) in [7, 11) is 0. The van der Waals surface area contributed by atoms with Gasteiger partial charge in [-0.2, -0.15) is 0 Å². The standard InChI is InChI=1S/C8H5NO2Se/c10-8(11)5-1-2-7-6(3-5)4-9-12-7/h1-4H,(H,10,11). The van der Waals surface area contributed by atoms with Gasteiger partial charge in [0.05, 0.1) is 0 Å². The van der Waals surface area contributed by atoms with Gasteiger partial charge in [-0.15, -0.1) is 0 Å². The van der Waals surface area contributed by atoms with Gasteiger partial charge in [0, 0.05) is 0 Å². The first-order chi connectivity index (χ1) is 5.77. The molecule has 0 aliphatic rings. The second kappa shape index (κ2) is 2.73. The first-order valence-electron chi connectivity index (χ1n) is 3.35. The molecule has 1 N–H and O–H groups in total. The van der Waals surface area contributed by atoms with Crippen LogP contribution in [0.3, 0.4) is 0 Å². The van der Waals surface area contributed by atoms with Gasteiger partial charge in [-0.3, -0.25) is 0 Å². The molecule has 0 spiro atoms. The van der Waals surface area contributed by atoms with Crippen LogP contribution in [0.4, 0.5) is 0 Å². The Hall–Kier alpha value is -1.12. The zero-order valence-electron chi connectivity index (χ0n) is 6.02. The molecule has 4 heteroatoms. The molecule has 0 amide bonds. The molecule has 0 aliphatic carbocycles. The maximum atomic E-state index is 10.6.